The van der Waals surface area contributed by atoms with Crippen molar-refractivity contribution < 1.29 is 19.1 Å². The molecular weight excluding hydrogens is 518 g/mol. The molecule has 1 aliphatic rings. The quantitative estimate of drug-likeness (QED) is 0.269. The first kappa shape index (κ1) is 28.0. The van der Waals surface area contributed by atoms with E-state index in [1.807, 2.05) is 55.5 Å². The van der Waals surface area contributed by atoms with E-state index in [-0.39, 0.29) is 30.2 Å². The van der Waals surface area contributed by atoms with Crippen LogP contribution >= 0.6 is 0 Å². The summed E-state index contributed by atoms with van der Waals surface area (Å²) in [5, 5.41) is 11.6. The molecule has 1 N–H and O–H groups in total. The Morgan fingerprint density at radius 1 is 0.976 bits per heavy atom. The molecule has 0 spiro atoms. The lowest BCUT2D eigenvalue weighted by atomic mass is 9.94. The normalized spacial score (nSPS) is 14.4. The molecule has 1 unspecified atom stereocenters. The molecule has 3 aromatic carbocycles. The first-order valence-electron chi connectivity index (χ1n) is 14.2. The van der Waals surface area contributed by atoms with Gasteiger partial charge in [0.25, 0.3) is 0 Å². The van der Waals surface area contributed by atoms with Gasteiger partial charge in [-0.2, -0.15) is 0 Å². The number of aromatic nitrogens is 3. The zero-order chi connectivity index (χ0) is 28.8. The van der Waals surface area contributed by atoms with Crippen LogP contribution in [0.5, 0.6) is 5.75 Å². The summed E-state index contributed by atoms with van der Waals surface area (Å²) >= 11 is 0. The number of fused-ring (bicyclic) bond motifs is 1. The van der Waals surface area contributed by atoms with E-state index in [0.29, 0.717) is 34.7 Å². The molecule has 0 aliphatic heterocycles. The van der Waals surface area contributed by atoms with Gasteiger partial charge in [0.05, 0.1) is 12.1 Å². The molecule has 1 aromatic heterocycles. The van der Waals surface area contributed by atoms with Crippen molar-refractivity contribution in [3.05, 3.63) is 83.9 Å². The molecule has 5 rings (SSSR count). The lowest BCUT2D eigenvalue weighted by Gasteiger charge is -2.33. The third-order valence-corrected chi connectivity index (χ3v) is 7.49. The van der Waals surface area contributed by atoms with E-state index in [1.165, 1.54) is 11.8 Å². The van der Waals surface area contributed by atoms with Gasteiger partial charge in [0.2, 0.25) is 11.8 Å². The second-order valence-corrected chi connectivity index (χ2v) is 10.4. The van der Waals surface area contributed by atoms with Gasteiger partial charge in [-0.1, -0.05) is 48.7 Å². The lowest BCUT2D eigenvalue weighted by molar-refractivity contribution is -0.127. The van der Waals surface area contributed by atoms with Crippen LogP contribution in [0.4, 0.5) is 5.69 Å². The van der Waals surface area contributed by atoms with Crippen LogP contribution in [-0.4, -0.2) is 45.2 Å². The summed E-state index contributed by atoms with van der Waals surface area (Å²) < 4.78 is 7.17. The van der Waals surface area contributed by atoms with E-state index >= 15 is 0 Å². The zero-order valence-corrected chi connectivity index (χ0v) is 23.5. The van der Waals surface area contributed by atoms with E-state index in [2.05, 4.69) is 15.6 Å². The zero-order valence-electron chi connectivity index (χ0n) is 23.5. The monoisotopic (exact) mass is 553 g/mol. The molecule has 0 radical (unpaired) electrons. The number of nitrogens with zero attached hydrogens (tertiary/aromatic N) is 4. The Hall–Kier alpha value is -4.53. The van der Waals surface area contributed by atoms with Gasteiger partial charge < -0.3 is 10.1 Å². The van der Waals surface area contributed by atoms with E-state index in [1.54, 1.807) is 28.9 Å². The molecule has 212 valence electrons. The minimum absolute atomic E-state index is 0.0535. The van der Waals surface area contributed by atoms with Crippen LogP contribution in [0.25, 0.3) is 11.0 Å². The van der Waals surface area contributed by atoms with E-state index in [4.69, 9.17) is 4.74 Å². The predicted molar refractivity (Wildman–Crippen MR) is 157 cm³/mol. The van der Waals surface area contributed by atoms with Crippen LogP contribution < -0.4 is 15.0 Å². The van der Waals surface area contributed by atoms with Crippen molar-refractivity contribution in [2.45, 2.75) is 64.6 Å². The molecule has 9 nitrogen and oxygen atoms in total. The number of ether oxygens (including phenoxy) is 1. The van der Waals surface area contributed by atoms with Gasteiger partial charge in [-0.15, -0.1) is 5.10 Å². The number of benzene rings is 3. The molecule has 1 fully saturated rings. The Morgan fingerprint density at radius 3 is 2.37 bits per heavy atom. The Morgan fingerprint density at radius 2 is 1.68 bits per heavy atom. The van der Waals surface area contributed by atoms with Crippen LogP contribution in [0, 0.1) is 0 Å². The van der Waals surface area contributed by atoms with Crippen LogP contribution in [0.2, 0.25) is 0 Å². The van der Waals surface area contributed by atoms with Crippen LogP contribution in [0.15, 0.2) is 72.8 Å². The van der Waals surface area contributed by atoms with Crippen molar-refractivity contribution >= 4 is 34.3 Å². The van der Waals surface area contributed by atoms with Crippen molar-refractivity contribution in [1.29, 1.82) is 0 Å². The SMILES string of the molecule is CCOc1ccc(C(C(=O)NC2CCCCC2)N(C(=O)Cn2nnc3ccccc32)c2ccc(C(C)=O)cc2)cc1. The molecule has 0 bridgehead atoms. The van der Waals surface area contributed by atoms with Gasteiger partial charge in [-0.3, -0.25) is 19.3 Å². The summed E-state index contributed by atoms with van der Waals surface area (Å²) in [6, 6.07) is 20.6. The van der Waals surface area contributed by atoms with Crippen molar-refractivity contribution in [2.75, 3.05) is 11.5 Å². The van der Waals surface area contributed by atoms with Crippen LogP contribution in [0.3, 0.4) is 0 Å². The van der Waals surface area contributed by atoms with Gasteiger partial charge in [-0.05, 0) is 80.8 Å². The highest BCUT2D eigenvalue weighted by molar-refractivity contribution is 6.02. The van der Waals surface area contributed by atoms with E-state index in [9.17, 15) is 14.4 Å². The lowest BCUT2D eigenvalue weighted by Crippen LogP contribution is -2.48. The van der Waals surface area contributed by atoms with E-state index in [0.717, 1.165) is 37.6 Å². The minimum Gasteiger partial charge on any atom is -0.494 e. The maximum atomic E-state index is 14.2. The fraction of sp³-hybridized carbons (Fsp3) is 0.344. The highest BCUT2D eigenvalue weighted by atomic mass is 16.5. The summed E-state index contributed by atoms with van der Waals surface area (Å²) in [6.07, 6.45) is 5.11. The number of carbonyl (C=O) groups is 3. The minimum atomic E-state index is -0.960. The highest BCUT2D eigenvalue weighted by Crippen LogP contribution is 2.31. The summed E-state index contributed by atoms with van der Waals surface area (Å²) in [5.41, 5.74) is 3.07. The molecule has 0 saturated heterocycles. The topological polar surface area (TPSA) is 106 Å². The average Bonchev–Trinajstić information content (AvgIpc) is 3.39. The van der Waals surface area contributed by atoms with Gasteiger partial charge in [0.15, 0.2) is 5.78 Å². The standard InChI is InChI=1S/C32H35N5O4/c1-3-41-27-19-15-24(16-20-27)31(32(40)33-25-9-5-4-6-10-25)37(26-17-13-23(14-18-26)22(2)38)30(39)21-36-29-12-8-7-11-28(29)34-35-36/h7-8,11-20,25,31H,3-6,9-10,21H2,1-2H3,(H,33,40). The number of amides is 2. The summed E-state index contributed by atoms with van der Waals surface area (Å²) in [4.78, 5) is 41.8. The third kappa shape index (κ3) is 6.45. The number of hydrogen-bond acceptors (Lipinski definition) is 6. The number of anilines is 1. The Kier molecular flexibility index (Phi) is 8.72. The first-order valence-corrected chi connectivity index (χ1v) is 14.2. The molecule has 1 atom stereocenters. The Labute approximate surface area is 239 Å². The predicted octanol–water partition coefficient (Wildman–Crippen LogP) is 5.26. The summed E-state index contributed by atoms with van der Waals surface area (Å²) in [6.45, 7) is 3.80. The van der Waals surface area contributed by atoms with Crippen LogP contribution in [-0.2, 0) is 16.1 Å². The fourth-order valence-corrected chi connectivity index (χ4v) is 5.39. The summed E-state index contributed by atoms with van der Waals surface area (Å²) in [7, 11) is 0. The number of ketones is 1. The maximum absolute atomic E-state index is 14.2. The Bertz CT molecular complexity index is 1510. The van der Waals surface area contributed by atoms with Crippen LogP contribution in [0.1, 0.15) is 67.9 Å². The number of para-hydroxylation sites is 1. The van der Waals surface area contributed by atoms with Gasteiger partial charge in [-0.25, -0.2) is 4.68 Å². The smallest absolute Gasteiger partial charge is 0.249 e. The number of Topliss-reactive ketones (excluding diaryl/α,β-unsaturated/α-hetero) is 1. The van der Waals surface area contributed by atoms with Gasteiger partial charge in [0, 0.05) is 17.3 Å². The van der Waals surface area contributed by atoms with Crippen molar-refractivity contribution in [3.8, 4) is 5.75 Å². The molecule has 1 aliphatic carbocycles. The molecular formula is C32H35N5O4. The molecule has 41 heavy (non-hydrogen) atoms. The second kappa shape index (κ2) is 12.8. The molecule has 4 aromatic rings. The van der Waals surface area contributed by atoms with Crippen molar-refractivity contribution in [1.82, 2.24) is 20.3 Å². The highest BCUT2D eigenvalue weighted by Gasteiger charge is 2.34. The summed E-state index contributed by atoms with van der Waals surface area (Å²) in [5.74, 6) is 0.00416. The number of nitrogens with one attached hydrogen (secondary N) is 1. The number of hydrogen-bond donors (Lipinski definition) is 1. The fourth-order valence-electron chi connectivity index (χ4n) is 5.39. The molecule has 1 heterocycles. The second-order valence-electron chi connectivity index (χ2n) is 10.4. The molecule has 2 amide bonds. The van der Waals surface area contributed by atoms with Crippen molar-refractivity contribution in [2.24, 2.45) is 0 Å². The number of rotatable bonds is 10. The van der Waals surface area contributed by atoms with Gasteiger partial charge in [0.1, 0.15) is 23.9 Å². The molecule has 1 saturated carbocycles. The third-order valence-electron chi connectivity index (χ3n) is 7.49. The Balaban J connectivity index is 1.57. The molecule has 9 heteroatoms. The first-order chi connectivity index (χ1) is 19.9. The largest absolute Gasteiger partial charge is 0.494 e. The average molecular weight is 554 g/mol. The van der Waals surface area contributed by atoms with E-state index < -0.39 is 6.04 Å². The number of carbonyl (C=O) groups excluding carboxylic acids is 3. The van der Waals surface area contributed by atoms with Gasteiger partial charge >= 0.3 is 0 Å². The maximum Gasteiger partial charge on any atom is 0.249 e. The van der Waals surface area contributed by atoms with Crippen molar-refractivity contribution in [3.63, 3.8) is 0 Å².